The number of benzene rings is 1. The highest BCUT2D eigenvalue weighted by Gasteiger charge is 2.31. The Morgan fingerprint density at radius 1 is 1.29 bits per heavy atom. The lowest BCUT2D eigenvalue weighted by Gasteiger charge is -2.24. The van der Waals surface area contributed by atoms with Crippen LogP contribution in [0.25, 0.3) is 0 Å². The molecule has 1 aromatic rings. The highest BCUT2D eigenvalue weighted by molar-refractivity contribution is 5.79. The summed E-state index contributed by atoms with van der Waals surface area (Å²) in [4.78, 5) is 4.17. The predicted molar refractivity (Wildman–Crippen MR) is 65.6 cm³/mol. The van der Waals surface area contributed by atoms with Gasteiger partial charge in [0.25, 0.3) is 0 Å². The second-order valence-electron chi connectivity index (χ2n) is 4.42. The van der Waals surface area contributed by atoms with Crippen molar-refractivity contribution in [1.82, 2.24) is 16.2 Å². The van der Waals surface area contributed by atoms with Crippen molar-refractivity contribution in [2.24, 2.45) is 16.5 Å². The third kappa shape index (κ3) is 1.76. The van der Waals surface area contributed by atoms with Crippen LogP contribution in [0.2, 0.25) is 0 Å². The van der Waals surface area contributed by atoms with E-state index in [1.54, 1.807) is 0 Å². The minimum atomic E-state index is -0.962. The summed E-state index contributed by atoms with van der Waals surface area (Å²) < 4.78 is 0. The van der Waals surface area contributed by atoms with Gasteiger partial charge in [-0.15, -0.1) is 0 Å². The molecule has 0 spiro atoms. The summed E-state index contributed by atoms with van der Waals surface area (Å²) in [7, 11) is 0. The van der Waals surface area contributed by atoms with Crippen LogP contribution < -0.4 is 27.6 Å². The summed E-state index contributed by atoms with van der Waals surface area (Å²) in [6, 6.07) is 6.20. The molecule has 1 atom stereocenters. The molecule has 0 saturated carbocycles. The molecule has 0 amide bonds. The zero-order valence-electron chi connectivity index (χ0n) is 9.46. The molecule has 2 aliphatic rings. The number of nitrogens with zero attached hydrogens (tertiary/aromatic N) is 1. The molecule has 6 nitrogen and oxygen atoms in total. The van der Waals surface area contributed by atoms with E-state index in [1.165, 1.54) is 11.1 Å². The minimum Gasteiger partial charge on any atom is -0.369 e. The molecule has 0 bridgehead atoms. The van der Waals surface area contributed by atoms with E-state index in [-0.39, 0.29) is 0 Å². The number of hydrogen-bond donors (Lipinski definition) is 5. The van der Waals surface area contributed by atoms with Crippen molar-refractivity contribution in [3.05, 3.63) is 34.9 Å². The molecule has 7 N–H and O–H groups in total. The molecule has 0 saturated heterocycles. The molecule has 3 rings (SSSR count). The number of hydrazine groups is 1. The van der Waals surface area contributed by atoms with Crippen molar-refractivity contribution in [3.8, 4) is 0 Å². The van der Waals surface area contributed by atoms with E-state index in [0.29, 0.717) is 5.96 Å². The van der Waals surface area contributed by atoms with Crippen LogP contribution in [0.4, 0.5) is 0 Å². The van der Waals surface area contributed by atoms with Gasteiger partial charge in [0, 0.05) is 12.1 Å². The van der Waals surface area contributed by atoms with Crippen molar-refractivity contribution >= 4 is 5.96 Å². The number of fused-ring (bicyclic) bond motifs is 1. The Balaban J connectivity index is 1.99. The fourth-order valence-corrected chi connectivity index (χ4v) is 2.26. The van der Waals surface area contributed by atoms with Gasteiger partial charge in [-0.05, 0) is 30.2 Å². The summed E-state index contributed by atoms with van der Waals surface area (Å²) in [5, 5.41) is 3.34. The van der Waals surface area contributed by atoms with Crippen LogP contribution in [-0.4, -0.2) is 12.5 Å². The zero-order chi connectivity index (χ0) is 11.9. The van der Waals surface area contributed by atoms with E-state index in [0.717, 1.165) is 25.1 Å². The molecule has 1 aromatic carbocycles. The first-order valence-electron chi connectivity index (χ1n) is 5.68. The number of nitrogens with one attached hydrogen (secondary N) is 3. The van der Waals surface area contributed by atoms with Crippen molar-refractivity contribution in [2.45, 2.75) is 18.8 Å². The summed E-state index contributed by atoms with van der Waals surface area (Å²) in [5.41, 5.74) is 20.9. The molecule has 0 fully saturated rings. The van der Waals surface area contributed by atoms with Gasteiger partial charge in [0.2, 0.25) is 11.7 Å². The van der Waals surface area contributed by atoms with Gasteiger partial charge < -0.3 is 11.1 Å². The Hall–Kier alpha value is -1.63. The van der Waals surface area contributed by atoms with Crippen molar-refractivity contribution in [2.75, 3.05) is 6.54 Å². The fourth-order valence-electron chi connectivity index (χ4n) is 2.26. The van der Waals surface area contributed by atoms with Crippen LogP contribution in [0, 0.1) is 0 Å². The zero-order valence-corrected chi connectivity index (χ0v) is 9.46. The quantitative estimate of drug-likeness (QED) is 0.420. The van der Waals surface area contributed by atoms with E-state index < -0.39 is 5.79 Å². The third-order valence-electron chi connectivity index (χ3n) is 3.21. The Labute approximate surface area is 99.4 Å². The van der Waals surface area contributed by atoms with Gasteiger partial charge in [0.15, 0.2) is 0 Å². The maximum Gasteiger partial charge on any atom is 0.209 e. The summed E-state index contributed by atoms with van der Waals surface area (Å²) in [6.45, 7) is 1.91. The highest BCUT2D eigenvalue weighted by atomic mass is 15.6. The highest BCUT2D eigenvalue weighted by Crippen LogP contribution is 2.23. The molecular formula is C11H16N6. The molecule has 17 heavy (non-hydrogen) atoms. The second-order valence-corrected chi connectivity index (χ2v) is 4.42. The Bertz CT molecular complexity index is 483. The van der Waals surface area contributed by atoms with Gasteiger partial charge in [0.05, 0.1) is 0 Å². The molecule has 90 valence electrons. The monoisotopic (exact) mass is 232 g/mol. The van der Waals surface area contributed by atoms with E-state index in [4.69, 9.17) is 11.5 Å². The Morgan fingerprint density at radius 3 is 2.94 bits per heavy atom. The minimum absolute atomic E-state index is 0.309. The van der Waals surface area contributed by atoms with Crippen molar-refractivity contribution < 1.29 is 0 Å². The maximum absolute atomic E-state index is 6.14. The van der Waals surface area contributed by atoms with Crippen LogP contribution >= 0.6 is 0 Å². The topological polar surface area (TPSA) is 100 Å². The predicted octanol–water partition coefficient (Wildman–Crippen LogP) is -1.18. The first-order valence-corrected chi connectivity index (χ1v) is 5.68. The summed E-state index contributed by atoms with van der Waals surface area (Å²) in [5.74, 6) is -0.653. The van der Waals surface area contributed by atoms with Crippen LogP contribution in [0.1, 0.15) is 16.7 Å². The average Bonchev–Trinajstić information content (AvgIpc) is 2.70. The summed E-state index contributed by atoms with van der Waals surface area (Å²) >= 11 is 0. The van der Waals surface area contributed by atoms with Gasteiger partial charge in [-0.3, -0.25) is 11.2 Å². The number of guanidine groups is 1. The third-order valence-corrected chi connectivity index (χ3v) is 3.21. The van der Waals surface area contributed by atoms with E-state index in [1.807, 2.05) is 6.07 Å². The number of rotatable bonds is 1. The molecular weight excluding hydrogens is 216 g/mol. The van der Waals surface area contributed by atoms with Gasteiger partial charge in [-0.1, -0.05) is 12.1 Å². The molecule has 0 aromatic heterocycles. The SMILES string of the molecule is NC1=NC(N)(c2ccc3c(c2)CNCC3)NN1. The molecule has 0 radical (unpaired) electrons. The second kappa shape index (κ2) is 3.69. The molecule has 2 heterocycles. The lowest BCUT2D eigenvalue weighted by molar-refractivity contribution is 0.374. The molecule has 6 heteroatoms. The van der Waals surface area contributed by atoms with Gasteiger partial charge in [0.1, 0.15) is 0 Å². The van der Waals surface area contributed by atoms with Gasteiger partial charge in [-0.25, -0.2) is 4.99 Å². The van der Waals surface area contributed by atoms with Crippen molar-refractivity contribution in [3.63, 3.8) is 0 Å². The van der Waals surface area contributed by atoms with E-state index >= 15 is 0 Å². The van der Waals surface area contributed by atoms with Gasteiger partial charge >= 0.3 is 0 Å². The van der Waals surface area contributed by atoms with E-state index in [2.05, 4.69) is 33.3 Å². The van der Waals surface area contributed by atoms with Gasteiger partial charge in [-0.2, -0.15) is 5.43 Å². The first kappa shape index (κ1) is 10.5. The Kier molecular flexibility index (Phi) is 2.29. The van der Waals surface area contributed by atoms with Crippen LogP contribution in [0.3, 0.4) is 0 Å². The van der Waals surface area contributed by atoms with Crippen LogP contribution in [0.15, 0.2) is 23.2 Å². The average molecular weight is 232 g/mol. The molecule has 1 unspecified atom stereocenters. The largest absolute Gasteiger partial charge is 0.369 e. The standard InChI is InChI=1S/C11H16N6/c12-10-15-11(13,17-16-10)9-2-1-7-3-4-14-6-8(7)5-9/h1-2,5,14,17H,3-4,6,13H2,(H3,12,15,16). The van der Waals surface area contributed by atoms with Crippen LogP contribution in [0.5, 0.6) is 0 Å². The number of hydrogen-bond acceptors (Lipinski definition) is 6. The van der Waals surface area contributed by atoms with Crippen molar-refractivity contribution in [1.29, 1.82) is 0 Å². The van der Waals surface area contributed by atoms with Crippen LogP contribution in [-0.2, 0) is 18.8 Å². The number of aliphatic imine (C=N–C) groups is 1. The summed E-state index contributed by atoms with van der Waals surface area (Å²) in [6.07, 6.45) is 1.06. The first-order chi connectivity index (χ1) is 8.17. The molecule has 2 aliphatic heterocycles. The fraction of sp³-hybridized carbons (Fsp3) is 0.364. The normalized spacial score (nSPS) is 27.2. The molecule has 0 aliphatic carbocycles. The smallest absolute Gasteiger partial charge is 0.209 e. The lowest BCUT2D eigenvalue weighted by atomic mass is 9.96. The Morgan fingerprint density at radius 2 is 2.18 bits per heavy atom. The number of nitrogens with two attached hydrogens (primary N) is 2. The van der Waals surface area contributed by atoms with E-state index in [9.17, 15) is 0 Å². The maximum atomic E-state index is 6.14. The lowest BCUT2D eigenvalue weighted by Crippen LogP contribution is -2.50.